The normalized spacial score (nSPS) is 12.9. The molecule has 8 nitrogen and oxygen atoms in total. The smallest absolute Gasteiger partial charge is 0.297 e. The molecule has 0 bridgehead atoms. The predicted octanol–water partition coefficient (Wildman–Crippen LogP) is 4.48. The number of nitriles is 1. The number of halogens is 4. The maximum absolute atomic E-state index is 14.9. The first-order chi connectivity index (χ1) is 15.8. The molecule has 178 valence electrons. The zero-order valence-corrected chi connectivity index (χ0v) is 20.7. The van der Waals surface area contributed by atoms with Crippen molar-refractivity contribution in [3.63, 3.8) is 0 Å². The van der Waals surface area contributed by atoms with E-state index in [2.05, 4.69) is 15.0 Å². The summed E-state index contributed by atoms with van der Waals surface area (Å²) in [6.45, 7) is 5.58. The van der Waals surface area contributed by atoms with Gasteiger partial charge in [0.1, 0.15) is 17.3 Å². The minimum atomic E-state index is -2.90. The summed E-state index contributed by atoms with van der Waals surface area (Å²) in [5, 5.41) is 9.30. The molecule has 0 fully saturated rings. The first-order valence-electron chi connectivity index (χ1n) is 9.88. The standard InChI is InChI=1S/C22H19F3IN5O3/c1-10-14(7-27)5-13(19(23)24)6-16(10)34-17-18(22(4,25)26)28-9-31(21(17)33)8-15-11(2)29-12(3)30-20(15)32/h5-6,9,19H,8H2,1-4H3,(H,29,30,32). The monoisotopic (exact) mass is 585 g/mol. The molecule has 0 amide bonds. The van der Waals surface area contributed by atoms with Crippen LogP contribution in [0.5, 0.6) is 11.5 Å². The lowest BCUT2D eigenvalue weighted by atomic mass is 10.0. The second-order valence-electron chi connectivity index (χ2n) is 7.67. The highest BCUT2D eigenvalue weighted by atomic mass is 127. The van der Waals surface area contributed by atoms with Gasteiger partial charge >= 0.3 is 0 Å². The number of nitrogens with one attached hydrogen (secondary N) is 1. The summed E-state index contributed by atoms with van der Waals surface area (Å²) in [7, 11) is 0. The Balaban J connectivity index is 2.20. The van der Waals surface area contributed by atoms with E-state index < -0.39 is 32.5 Å². The van der Waals surface area contributed by atoms with Crippen molar-refractivity contribution in [3.05, 3.63) is 78.6 Å². The molecule has 0 aliphatic rings. The molecule has 3 rings (SSSR count). The average Bonchev–Trinajstić information content (AvgIpc) is 2.73. The zero-order chi connectivity index (χ0) is 25.4. The van der Waals surface area contributed by atoms with Gasteiger partial charge in [-0.05, 0) is 62.4 Å². The fraction of sp³-hybridized carbons (Fsp3) is 0.318. The molecule has 12 heteroatoms. The third-order valence-corrected chi connectivity index (χ3v) is 5.56. The van der Waals surface area contributed by atoms with Crippen LogP contribution < -0.4 is 15.9 Å². The van der Waals surface area contributed by atoms with Gasteiger partial charge in [-0.3, -0.25) is 14.2 Å². The fourth-order valence-electron chi connectivity index (χ4n) is 3.26. The molecule has 3 aromatic rings. The van der Waals surface area contributed by atoms with Gasteiger partial charge in [-0.2, -0.15) is 5.26 Å². The Morgan fingerprint density at radius 3 is 2.53 bits per heavy atom. The highest BCUT2D eigenvalue weighted by Crippen LogP contribution is 2.38. The number of alkyl halides is 4. The third-order valence-electron chi connectivity index (χ3n) is 5.05. The van der Waals surface area contributed by atoms with Crippen LogP contribution in [0.2, 0.25) is 0 Å². The Hall–Kier alpha value is -3.21. The van der Waals surface area contributed by atoms with Gasteiger partial charge in [-0.25, -0.2) is 23.1 Å². The van der Waals surface area contributed by atoms with Gasteiger partial charge in [0.2, 0.25) is 9.43 Å². The van der Waals surface area contributed by atoms with Gasteiger partial charge in [0.05, 0.1) is 30.1 Å². The van der Waals surface area contributed by atoms with E-state index >= 15 is 0 Å². The van der Waals surface area contributed by atoms with Crippen molar-refractivity contribution >= 4 is 22.6 Å². The van der Waals surface area contributed by atoms with E-state index in [1.165, 1.54) is 29.5 Å². The number of hydrogen-bond donors (Lipinski definition) is 1. The van der Waals surface area contributed by atoms with Crippen molar-refractivity contribution in [1.29, 1.82) is 5.26 Å². The highest BCUT2D eigenvalue weighted by molar-refractivity contribution is 14.1. The van der Waals surface area contributed by atoms with E-state index in [1.807, 2.05) is 0 Å². The Kier molecular flexibility index (Phi) is 7.15. The van der Waals surface area contributed by atoms with Crippen molar-refractivity contribution in [2.45, 2.75) is 44.3 Å². The summed E-state index contributed by atoms with van der Waals surface area (Å²) >= 11 is 1.42. The van der Waals surface area contributed by atoms with Crippen LogP contribution >= 0.6 is 22.6 Å². The maximum atomic E-state index is 14.9. The molecule has 34 heavy (non-hydrogen) atoms. The highest BCUT2D eigenvalue weighted by Gasteiger charge is 2.31. The van der Waals surface area contributed by atoms with Crippen LogP contribution in [0, 0.1) is 32.1 Å². The molecular formula is C22H19F3IN5O3. The fourth-order valence-corrected chi connectivity index (χ4v) is 3.65. The molecule has 0 saturated carbocycles. The van der Waals surface area contributed by atoms with Crippen LogP contribution in [0.4, 0.5) is 13.2 Å². The average molecular weight is 585 g/mol. The minimum Gasteiger partial charge on any atom is -0.449 e. The van der Waals surface area contributed by atoms with Crippen molar-refractivity contribution in [3.8, 4) is 17.6 Å². The van der Waals surface area contributed by atoms with Crippen molar-refractivity contribution < 1.29 is 17.9 Å². The second-order valence-corrected chi connectivity index (χ2v) is 9.69. The Morgan fingerprint density at radius 1 is 1.29 bits per heavy atom. The van der Waals surface area contributed by atoms with Gasteiger partial charge in [0.25, 0.3) is 17.5 Å². The SMILES string of the molecule is Cc1nc(C)c(Cn2cnc(C(C)(F)I)c(Oc3cc(C(F)F)cc(C#N)c3C)c2=O)c(=O)[nH]1. The zero-order valence-electron chi connectivity index (χ0n) is 18.5. The topological polar surface area (TPSA) is 114 Å². The predicted molar refractivity (Wildman–Crippen MR) is 125 cm³/mol. The first kappa shape index (κ1) is 25.4. The summed E-state index contributed by atoms with van der Waals surface area (Å²) < 4.78 is 46.1. The molecule has 1 atom stereocenters. The van der Waals surface area contributed by atoms with Crippen molar-refractivity contribution in [2.75, 3.05) is 0 Å². The van der Waals surface area contributed by atoms with Gasteiger partial charge in [-0.1, -0.05) is 0 Å². The Morgan fingerprint density at radius 2 is 1.97 bits per heavy atom. The van der Waals surface area contributed by atoms with E-state index in [-0.39, 0.29) is 34.7 Å². The molecule has 1 aromatic carbocycles. The number of aromatic amines is 1. The number of aromatic nitrogens is 4. The summed E-state index contributed by atoms with van der Waals surface area (Å²) in [5.41, 5.74) is -1.47. The summed E-state index contributed by atoms with van der Waals surface area (Å²) in [4.78, 5) is 36.4. The van der Waals surface area contributed by atoms with Crippen molar-refractivity contribution in [1.82, 2.24) is 19.5 Å². The Bertz CT molecular complexity index is 1420. The second kappa shape index (κ2) is 9.57. The molecule has 1 unspecified atom stereocenters. The number of benzene rings is 1. The van der Waals surface area contributed by atoms with Crippen LogP contribution in [0.15, 0.2) is 28.0 Å². The molecule has 0 aliphatic carbocycles. The van der Waals surface area contributed by atoms with Crippen LogP contribution in [-0.4, -0.2) is 19.5 Å². The number of nitrogens with zero attached hydrogens (tertiary/aromatic N) is 4. The lowest BCUT2D eigenvalue weighted by Crippen LogP contribution is -2.29. The van der Waals surface area contributed by atoms with Crippen LogP contribution in [0.3, 0.4) is 0 Å². The Labute approximate surface area is 205 Å². The van der Waals surface area contributed by atoms with Gasteiger partial charge in [0, 0.05) is 16.8 Å². The largest absolute Gasteiger partial charge is 0.449 e. The third kappa shape index (κ3) is 5.14. The number of hydrogen-bond acceptors (Lipinski definition) is 6. The first-order valence-corrected chi connectivity index (χ1v) is 11.0. The molecule has 2 heterocycles. The van der Waals surface area contributed by atoms with E-state index in [4.69, 9.17) is 4.74 Å². The quantitative estimate of drug-likeness (QED) is 0.337. The van der Waals surface area contributed by atoms with Crippen LogP contribution in [0.1, 0.15) is 52.8 Å². The minimum absolute atomic E-state index is 0.0797. The lowest BCUT2D eigenvalue weighted by molar-refractivity contribution is 0.151. The van der Waals surface area contributed by atoms with E-state index in [9.17, 15) is 28.0 Å². The molecule has 0 radical (unpaired) electrons. The van der Waals surface area contributed by atoms with E-state index in [0.717, 1.165) is 30.0 Å². The summed E-state index contributed by atoms with van der Waals surface area (Å²) in [6, 6.07) is 3.81. The van der Waals surface area contributed by atoms with E-state index in [1.54, 1.807) is 19.9 Å². The summed E-state index contributed by atoms with van der Waals surface area (Å²) in [6.07, 6.45) is -1.83. The van der Waals surface area contributed by atoms with Gasteiger partial charge in [-0.15, -0.1) is 0 Å². The molecular weight excluding hydrogens is 566 g/mol. The van der Waals surface area contributed by atoms with Gasteiger partial charge < -0.3 is 9.72 Å². The molecule has 0 spiro atoms. The molecule has 1 N–H and O–H groups in total. The number of ether oxygens (including phenoxy) is 1. The number of H-pyrrole nitrogens is 1. The molecule has 0 saturated heterocycles. The molecule has 2 aromatic heterocycles. The van der Waals surface area contributed by atoms with Crippen molar-refractivity contribution in [2.24, 2.45) is 0 Å². The summed E-state index contributed by atoms with van der Waals surface area (Å²) in [5.74, 6) is -0.356. The number of aryl methyl sites for hydroxylation is 2. The lowest BCUT2D eigenvalue weighted by Gasteiger charge is -2.19. The maximum Gasteiger partial charge on any atom is 0.297 e. The van der Waals surface area contributed by atoms with E-state index in [0.29, 0.717) is 11.5 Å². The molecule has 0 aliphatic heterocycles. The van der Waals surface area contributed by atoms with Crippen LogP contribution in [-0.2, 0) is 10.2 Å². The van der Waals surface area contributed by atoms with Gasteiger partial charge in [0.15, 0.2) is 0 Å². The number of rotatable bonds is 6. The van der Waals surface area contributed by atoms with Crippen LogP contribution in [0.25, 0.3) is 0 Å².